The maximum atomic E-state index is 5.51. The second kappa shape index (κ2) is 4.90. The van der Waals surface area contributed by atoms with E-state index in [0.717, 1.165) is 24.2 Å². The van der Waals surface area contributed by atoms with Gasteiger partial charge in [0.1, 0.15) is 0 Å². The molecule has 0 spiro atoms. The van der Waals surface area contributed by atoms with Gasteiger partial charge in [-0.15, -0.1) is 5.10 Å². The first kappa shape index (κ1) is 10.8. The molecule has 0 unspecified atom stereocenters. The van der Waals surface area contributed by atoms with Crippen molar-refractivity contribution < 1.29 is 0 Å². The SMILES string of the molecule is Cc1ccccc1-n1nncc1CCCN. The lowest BCUT2D eigenvalue weighted by Crippen LogP contribution is -2.07. The van der Waals surface area contributed by atoms with Gasteiger partial charge in [-0.3, -0.25) is 0 Å². The molecule has 4 nitrogen and oxygen atoms in total. The molecular weight excluding hydrogens is 200 g/mol. The molecule has 0 saturated heterocycles. The topological polar surface area (TPSA) is 56.7 Å². The molecule has 0 bridgehead atoms. The molecule has 4 heteroatoms. The van der Waals surface area contributed by atoms with Gasteiger partial charge < -0.3 is 5.73 Å². The third-order valence-corrected chi connectivity index (χ3v) is 2.60. The summed E-state index contributed by atoms with van der Waals surface area (Å²) < 4.78 is 1.89. The van der Waals surface area contributed by atoms with Crippen molar-refractivity contribution in [2.75, 3.05) is 6.54 Å². The molecule has 84 valence electrons. The minimum absolute atomic E-state index is 0.693. The number of hydrogen-bond acceptors (Lipinski definition) is 3. The zero-order valence-corrected chi connectivity index (χ0v) is 9.43. The first-order valence-electron chi connectivity index (χ1n) is 5.48. The average molecular weight is 216 g/mol. The van der Waals surface area contributed by atoms with Crippen LogP contribution in [0, 0.1) is 6.92 Å². The molecule has 0 saturated carbocycles. The van der Waals surface area contributed by atoms with Crippen LogP contribution in [0.4, 0.5) is 0 Å². The highest BCUT2D eigenvalue weighted by molar-refractivity contribution is 5.40. The monoisotopic (exact) mass is 216 g/mol. The normalized spacial score (nSPS) is 10.6. The van der Waals surface area contributed by atoms with Gasteiger partial charge in [-0.2, -0.15) is 0 Å². The van der Waals surface area contributed by atoms with Crippen molar-refractivity contribution in [3.05, 3.63) is 41.7 Å². The molecule has 1 aromatic carbocycles. The van der Waals surface area contributed by atoms with Crippen molar-refractivity contribution in [3.8, 4) is 5.69 Å². The number of nitrogens with two attached hydrogens (primary N) is 1. The van der Waals surface area contributed by atoms with Crippen LogP contribution in [0.5, 0.6) is 0 Å². The lowest BCUT2D eigenvalue weighted by molar-refractivity contribution is 0.726. The minimum atomic E-state index is 0.693. The summed E-state index contributed by atoms with van der Waals surface area (Å²) >= 11 is 0. The fourth-order valence-electron chi connectivity index (χ4n) is 1.71. The predicted octanol–water partition coefficient (Wildman–Crippen LogP) is 1.47. The number of aromatic nitrogens is 3. The molecule has 0 aliphatic rings. The predicted molar refractivity (Wildman–Crippen MR) is 63.5 cm³/mol. The van der Waals surface area contributed by atoms with Crippen LogP contribution in [0.2, 0.25) is 0 Å². The summed E-state index contributed by atoms with van der Waals surface area (Å²) in [5, 5.41) is 8.09. The van der Waals surface area contributed by atoms with Gasteiger partial charge in [0.25, 0.3) is 0 Å². The number of rotatable bonds is 4. The van der Waals surface area contributed by atoms with E-state index in [1.807, 2.05) is 23.0 Å². The lowest BCUT2D eigenvalue weighted by atomic mass is 10.2. The summed E-state index contributed by atoms with van der Waals surface area (Å²) in [4.78, 5) is 0. The second-order valence-corrected chi connectivity index (χ2v) is 3.82. The second-order valence-electron chi connectivity index (χ2n) is 3.82. The Hall–Kier alpha value is -1.68. The van der Waals surface area contributed by atoms with Gasteiger partial charge in [0, 0.05) is 0 Å². The third-order valence-electron chi connectivity index (χ3n) is 2.60. The van der Waals surface area contributed by atoms with E-state index in [4.69, 9.17) is 5.73 Å². The first-order chi connectivity index (χ1) is 7.83. The van der Waals surface area contributed by atoms with Gasteiger partial charge in [-0.05, 0) is 37.9 Å². The van der Waals surface area contributed by atoms with Crippen molar-refractivity contribution >= 4 is 0 Å². The zero-order valence-electron chi connectivity index (χ0n) is 9.43. The highest BCUT2D eigenvalue weighted by atomic mass is 15.4. The Morgan fingerprint density at radius 2 is 2.12 bits per heavy atom. The Morgan fingerprint density at radius 3 is 2.88 bits per heavy atom. The Kier molecular flexibility index (Phi) is 3.31. The van der Waals surface area contributed by atoms with E-state index in [2.05, 4.69) is 29.4 Å². The lowest BCUT2D eigenvalue weighted by Gasteiger charge is -2.08. The molecular formula is C12H16N4. The highest BCUT2D eigenvalue weighted by Crippen LogP contribution is 2.14. The first-order valence-corrected chi connectivity index (χ1v) is 5.48. The van der Waals surface area contributed by atoms with E-state index in [9.17, 15) is 0 Å². The molecule has 0 aliphatic carbocycles. The summed E-state index contributed by atoms with van der Waals surface area (Å²) in [7, 11) is 0. The van der Waals surface area contributed by atoms with Crippen LogP contribution in [0.1, 0.15) is 17.7 Å². The fourth-order valence-corrected chi connectivity index (χ4v) is 1.71. The van der Waals surface area contributed by atoms with Crippen molar-refractivity contribution in [3.63, 3.8) is 0 Å². The smallest absolute Gasteiger partial charge is 0.0729 e. The number of para-hydroxylation sites is 1. The van der Waals surface area contributed by atoms with E-state index in [1.165, 1.54) is 5.56 Å². The van der Waals surface area contributed by atoms with Crippen LogP contribution >= 0.6 is 0 Å². The third kappa shape index (κ3) is 2.12. The molecule has 2 N–H and O–H groups in total. The van der Waals surface area contributed by atoms with Crippen molar-refractivity contribution in [1.29, 1.82) is 0 Å². The van der Waals surface area contributed by atoms with Gasteiger partial charge in [-0.1, -0.05) is 23.4 Å². The van der Waals surface area contributed by atoms with Gasteiger partial charge in [0.2, 0.25) is 0 Å². The summed E-state index contributed by atoms with van der Waals surface area (Å²) in [6, 6.07) is 8.16. The largest absolute Gasteiger partial charge is 0.330 e. The number of nitrogens with zero attached hydrogens (tertiary/aromatic N) is 3. The zero-order chi connectivity index (χ0) is 11.4. The molecule has 16 heavy (non-hydrogen) atoms. The standard InChI is InChI=1S/C12H16N4/c1-10-5-2-3-7-12(10)16-11(6-4-8-13)9-14-15-16/h2-3,5,7,9H,4,6,8,13H2,1H3. The van der Waals surface area contributed by atoms with Crippen molar-refractivity contribution in [2.45, 2.75) is 19.8 Å². The molecule has 0 aliphatic heterocycles. The maximum Gasteiger partial charge on any atom is 0.0729 e. The summed E-state index contributed by atoms with van der Waals surface area (Å²) in [5.74, 6) is 0. The number of hydrogen-bond donors (Lipinski definition) is 1. The van der Waals surface area contributed by atoms with E-state index < -0.39 is 0 Å². The Morgan fingerprint density at radius 1 is 1.31 bits per heavy atom. The average Bonchev–Trinajstić information content (AvgIpc) is 2.75. The molecule has 1 aromatic heterocycles. The van der Waals surface area contributed by atoms with Crippen LogP contribution in [-0.4, -0.2) is 21.5 Å². The highest BCUT2D eigenvalue weighted by Gasteiger charge is 2.07. The number of aryl methyl sites for hydroxylation is 2. The Labute approximate surface area is 95.1 Å². The molecule has 0 radical (unpaired) electrons. The Balaban J connectivity index is 2.33. The van der Waals surface area contributed by atoms with Gasteiger partial charge in [-0.25, -0.2) is 4.68 Å². The summed E-state index contributed by atoms with van der Waals surface area (Å²) in [6.45, 7) is 2.77. The molecule has 0 amide bonds. The Bertz CT molecular complexity index is 462. The number of benzene rings is 1. The van der Waals surface area contributed by atoms with Crippen LogP contribution in [0.3, 0.4) is 0 Å². The molecule has 0 atom stereocenters. The van der Waals surface area contributed by atoms with Crippen LogP contribution in [-0.2, 0) is 6.42 Å². The van der Waals surface area contributed by atoms with Crippen LogP contribution < -0.4 is 5.73 Å². The minimum Gasteiger partial charge on any atom is -0.330 e. The summed E-state index contributed by atoms with van der Waals surface area (Å²) in [6.07, 6.45) is 3.68. The molecule has 0 fully saturated rings. The van der Waals surface area contributed by atoms with Gasteiger partial charge in [0.15, 0.2) is 0 Å². The van der Waals surface area contributed by atoms with E-state index in [0.29, 0.717) is 6.54 Å². The summed E-state index contributed by atoms with van der Waals surface area (Å²) in [5.41, 5.74) is 8.91. The quantitative estimate of drug-likeness (QED) is 0.842. The van der Waals surface area contributed by atoms with Crippen LogP contribution in [0.15, 0.2) is 30.5 Å². The fraction of sp³-hybridized carbons (Fsp3) is 0.333. The van der Waals surface area contributed by atoms with E-state index in [1.54, 1.807) is 0 Å². The van der Waals surface area contributed by atoms with Gasteiger partial charge in [0.05, 0.1) is 17.6 Å². The molecule has 2 rings (SSSR count). The van der Waals surface area contributed by atoms with Crippen LogP contribution in [0.25, 0.3) is 5.69 Å². The van der Waals surface area contributed by atoms with Crippen molar-refractivity contribution in [1.82, 2.24) is 15.0 Å². The van der Waals surface area contributed by atoms with E-state index >= 15 is 0 Å². The molecule has 2 aromatic rings. The van der Waals surface area contributed by atoms with Crippen molar-refractivity contribution in [2.24, 2.45) is 5.73 Å². The van der Waals surface area contributed by atoms with E-state index in [-0.39, 0.29) is 0 Å². The molecule has 1 heterocycles. The van der Waals surface area contributed by atoms with Gasteiger partial charge >= 0.3 is 0 Å². The maximum absolute atomic E-state index is 5.51.